The van der Waals surface area contributed by atoms with Gasteiger partial charge in [0.2, 0.25) is 0 Å². The van der Waals surface area contributed by atoms with E-state index < -0.39 is 0 Å². The molecule has 0 saturated heterocycles. The predicted molar refractivity (Wildman–Crippen MR) is 135 cm³/mol. The minimum Gasteiger partial charge on any atom is -0.508 e. The number of aryl methyl sites for hydroxylation is 2. The number of nitrogens with zero attached hydrogens (tertiary/aromatic N) is 4. The van der Waals surface area contributed by atoms with Crippen molar-refractivity contribution in [2.24, 2.45) is 20.0 Å². The second-order valence-electron chi connectivity index (χ2n) is 8.02. The summed E-state index contributed by atoms with van der Waals surface area (Å²) in [6.45, 7) is 11.8. The Kier molecular flexibility index (Phi) is 8.87. The van der Waals surface area contributed by atoms with Gasteiger partial charge in [0.05, 0.1) is 6.54 Å². The Morgan fingerprint density at radius 2 is 1.76 bits per heavy atom. The standard InChI is InChI=1S/C16H20N4O3.C9H14O.H2/c1-17-14-13(15(22)19(16(17)23)9-6-10-21)20(18(14)2)11-12-7-4-3-5-8-12;1-5-8(7(3)4)9(10)6-2;/h3-5,7-8,21H,6,9-11H2,1-2H3;5-7,10H,1-2H2,3-4H3;1H/b;9-8-;. The number of rotatable bonds is 8. The zero-order chi connectivity index (χ0) is 24.7. The number of hydrogen-bond donors (Lipinski definition) is 2. The van der Waals surface area contributed by atoms with Gasteiger partial charge in [0.25, 0.3) is 5.56 Å². The van der Waals surface area contributed by atoms with Crippen LogP contribution in [0.4, 0.5) is 0 Å². The molecule has 0 bridgehead atoms. The second kappa shape index (κ2) is 11.4. The number of aromatic nitrogens is 4. The van der Waals surface area contributed by atoms with Gasteiger partial charge in [-0.1, -0.05) is 63.4 Å². The molecule has 3 aromatic rings. The summed E-state index contributed by atoms with van der Waals surface area (Å²) >= 11 is 0. The van der Waals surface area contributed by atoms with Crippen molar-refractivity contribution < 1.29 is 11.6 Å². The van der Waals surface area contributed by atoms with E-state index in [-0.39, 0.29) is 31.6 Å². The van der Waals surface area contributed by atoms with Gasteiger partial charge in [-0.05, 0) is 29.6 Å². The van der Waals surface area contributed by atoms with Crippen molar-refractivity contribution >= 4 is 11.2 Å². The summed E-state index contributed by atoms with van der Waals surface area (Å²) in [5.74, 6) is 0.528. The van der Waals surface area contributed by atoms with E-state index in [2.05, 4.69) is 13.2 Å². The van der Waals surface area contributed by atoms with Gasteiger partial charge in [-0.3, -0.25) is 23.3 Å². The molecule has 0 saturated carbocycles. The van der Waals surface area contributed by atoms with Gasteiger partial charge in [0, 0.05) is 28.7 Å². The van der Waals surface area contributed by atoms with Gasteiger partial charge in [0.1, 0.15) is 5.76 Å². The SMILES string of the molecule is C=C/C(O)=C(\C=C)C(C)C.Cn1c(=O)n(CCCO)c(=O)c2c1n(C)n2Cc1ccccc1.[HH]. The lowest BCUT2D eigenvalue weighted by molar-refractivity contribution is 0.277. The number of benzene rings is 1. The maximum Gasteiger partial charge on any atom is 0.332 e. The maximum absolute atomic E-state index is 12.7. The smallest absolute Gasteiger partial charge is 0.332 e. The molecule has 8 heteroatoms. The third kappa shape index (κ3) is 5.46. The minimum absolute atomic E-state index is 0. The largest absolute Gasteiger partial charge is 0.508 e. The average Bonchev–Trinajstić information content (AvgIpc) is 2.80. The highest BCUT2D eigenvalue weighted by Crippen LogP contribution is 2.15. The van der Waals surface area contributed by atoms with Crippen molar-refractivity contribution in [1.82, 2.24) is 18.5 Å². The summed E-state index contributed by atoms with van der Waals surface area (Å²) in [6, 6.07) is 9.85. The third-order valence-electron chi connectivity index (χ3n) is 5.47. The zero-order valence-electron chi connectivity index (χ0n) is 19.9. The first kappa shape index (κ1) is 25.7. The van der Waals surface area contributed by atoms with Crippen LogP contribution in [-0.2, 0) is 27.2 Å². The lowest BCUT2D eigenvalue weighted by Crippen LogP contribution is -2.44. The Morgan fingerprint density at radius 3 is 2.24 bits per heavy atom. The zero-order valence-corrected chi connectivity index (χ0v) is 19.9. The Balaban J connectivity index is 0.000000450. The monoisotopic (exact) mass is 456 g/mol. The quantitative estimate of drug-likeness (QED) is 0.402. The molecule has 0 unspecified atom stereocenters. The molecule has 0 amide bonds. The van der Waals surface area contributed by atoms with Crippen LogP contribution in [0.25, 0.3) is 11.2 Å². The van der Waals surface area contributed by atoms with Crippen molar-refractivity contribution in [1.29, 1.82) is 0 Å². The van der Waals surface area contributed by atoms with Crippen molar-refractivity contribution in [2.45, 2.75) is 33.4 Å². The number of aliphatic hydroxyl groups is 2. The third-order valence-corrected chi connectivity index (χ3v) is 5.47. The van der Waals surface area contributed by atoms with Gasteiger partial charge < -0.3 is 10.2 Å². The Bertz CT molecular complexity index is 1260. The summed E-state index contributed by atoms with van der Waals surface area (Å²) in [6.07, 6.45) is 3.46. The molecule has 0 radical (unpaired) electrons. The summed E-state index contributed by atoms with van der Waals surface area (Å²) in [7, 11) is 3.49. The minimum atomic E-state index is -0.353. The summed E-state index contributed by atoms with van der Waals surface area (Å²) in [5, 5.41) is 18.1. The molecular formula is C25H36N4O4. The van der Waals surface area contributed by atoms with E-state index in [1.165, 1.54) is 15.2 Å². The molecular weight excluding hydrogens is 420 g/mol. The topological polar surface area (TPSA) is 94.3 Å². The summed E-state index contributed by atoms with van der Waals surface area (Å²) in [5.41, 5.74) is 2.42. The molecule has 8 nitrogen and oxygen atoms in total. The fourth-order valence-corrected chi connectivity index (χ4v) is 3.68. The summed E-state index contributed by atoms with van der Waals surface area (Å²) < 4.78 is 6.36. The fraction of sp³-hybridized carbons (Fsp3) is 0.360. The van der Waals surface area contributed by atoms with Crippen LogP contribution >= 0.6 is 0 Å². The first-order valence-corrected chi connectivity index (χ1v) is 10.9. The number of aliphatic hydroxyl groups excluding tert-OH is 2. The van der Waals surface area contributed by atoms with Gasteiger partial charge in [-0.2, -0.15) is 0 Å². The van der Waals surface area contributed by atoms with E-state index in [9.17, 15) is 14.7 Å². The molecule has 0 aliphatic rings. The highest BCUT2D eigenvalue weighted by molar-refractivity contribution is 5.73. The summed E-state index contributed by atoms with van der Waals surface area (Å²) in [4.78, 5) is 25.0. The predicted octanol–water partition coefficient (Wildman–Crippen LogP) is 3.34. The molecule has 2 aromatic heterocycles. The average molecular weight is 457 g/mol. The lowest BCUT2D eigenvalue weighted by atomic mass is 10.0. The molecule has 0 spiro atoms. The van der Waals surface area contributed by atoms with Crippen LogP contribution < -0.4 is 11.2 Å². The second-order valence-corrected chi connectivity index (χ2v) is 8.02. The molecule has 0 atom stereocenters. The van der Waals surface area contributed by atoms with Crippen LogP contribution in [-0.4, -0.2) is 35.3 Å². The van der Waals surface area contributed by atoms with E-state index in [0.29, 0.717) is 30.0 Å². The molecule has 0 aliphatic carbocycles. The van der Waals surface area contributed by atoms with Crippen molar-refractivity contribution in [3.63, 3.8) is 0 Å². The van der Waals surface area contributed by atoms with Gasteiger partial charge in [0.15, 0.2) is 11.2 Å². The van der Waals surface area contributed by atoms with Crippen LogP contribution in [0.5, 0.6) is 0 Å². The molecule has 0 aliphatic heterocycles. The number of fused-ring (bicyclic) bond motifs is 1. The molecule has 0 fully saturated rings. The van der Waals surface area contributed by atoms with Gasteiger partial charge >= 0.3 is 5.69 Å². The van der Waals surface area contributed by atoms with Gasteiger partial charge in [-0.15, -0.1) is 0 Å². The molecule has 3 rings (SSSR count). The van der Waals surface area contributed by atoms with E-state index in [1.807, 2.05) is 60.6 Å². The highest BCUT2D eigenvalue weighted by Gasteiger charge is 2.21. The first-order valence-electron chi connectivity index (χ1n) is 10.9. The van der Waals surface area contributed by atoms with E-state index >= 15 is 0 Å². The maximum atomic E-state index is 12.7. The van der Waals surface area contributed by atoms with Crippen LogP contribution in [0.15, 0.2) is 76.6 Å². The Hall–Kier alpha value is -3.52. The van der Waals surface area contributed by atoms with Gasteiger partial charge in [-0.25, -0.2) is 4.79 Å². The van der Waals surface area contributed by atoms with Crippen LogP contribution in [0.1, 0.15) is 27.3 Å². The fourth-order valence-electron chi connectivity index (χ4n) is 3.68. The van der Waals surface area contributed by atoms with Crippen LogP contribution in [0.2, 0.25) is 0 Å². The highest BCUT2D eigenvalue weighted by atomic mass is 16.3. The van der Waals surface area contributed by atoms with E-state index in [1.54, 1.807) is 13.1 Å². The van der Waals surface area contributed by atoms with Crippen molar-refractivity contribution in [3.05, 3.63) is 93.4 Å². The van der Waals surface area contributed by atoms with Crippen molar-refractivity contribution in [2.75, 3.05) is 6.61 Å². The van der Waals surface area contributed by atoms with Crippen molar-refractivity contribution in [3.8, 4) is 0 Å². The molecule has 1 aromatic carbocycles. The molecule has 33 heavy (non-hydrogen) atoms. The first-order chi connectivity index (χ1) is 15.7. The van der Waals surface area contributed by atoms with Crippen LogP contribution in [0.3, 0.4) is 0 Å². The van der Waals surface area contributed by atoms with E-state index in [0.717, 1.165) is 11.1 Å². The molecule has 180 valence electrons. The molecule has 2 N–H and O–H groups in total. The molecule has 2 heterocycles. The van der Waals surface area contributed by atoms with Crippen LogP contribution in [0, 0.1) is 5.92 Å². The number of hydrogen-bond acceptors (Lipinski definition) is 4. The Labute approximate surface area is 195 Å². The number of allylic oxidation sites excluding steroid dienone is 3. The normalized spacial score (nSPS) is 11.8. The van der Waals surface area contributed by atoms with E-state index in [4.69, 9.17) is 5.11 Å². The lowest BCUT2D eigenvalue weighted by Gasteiger charge is -2.25. The Morgan fingerprint density at radius 1 is 1.12 bits per heavy atom.